The van der Waals surface area contributed by atoms with Crippen molar-refractivity contribution in [1.29, 1.82) is 0 Å². The maximum atomic E-state index is 11.1. The summed E-state index contributed by atoms with van der Waals surface area (Å²) in [6.07, 6.45) is 4.26. The van der Waals surface area contributed by atoms with Crippen LogP contribution in [0.2, 0.25) is 0 Å². The highest BCUT2D eigenvalue weighted by Crippen LogP contribution is 2.44. The molecular weight excluding hydrogens is 210 g/mol. The fraction of sp³-hybridized carbons (Fsp3) is 0.600. The first-order chi connectivity index (χ1) is 8.22. The molecule has 1 saturated heterocycles. The maximum absolute atomic E-state index is 11.1. The Labute approximate surface area is 103 Å². The first-order valence-electron chi connectivity index (χ1n) is 6.77. The van der Waals surface area contributed by atoms with Crippen molar-refractivity contribution in [2.75, 3.05) is 6.54 Å². The van der Waals surface area contributed by atoms with E-state index in [2.05, 4.69) is 36.5 Å². The molecule has 2 aliphatic rings. The quantitative estimate of drug-likeness (QED) is 0.778. The first kappa shape index (κ1) is 11.2. The molecule has 2 nitrogen and oxygen atoms in total. The molecule has 0 amide bonds. The minimum Gasteiger partial charge on any atom is -0.384 e. The summed E-state index contributed by atoms with van der Waals surface area (Å²) in [5.41, 5.74) is 1.87. The summed E-state index contributed by atoms with van der Waals surface area (Å²) in [6, 6.07) is 8.68. The molecule has 1 aliphatic carbocycles. The Morgan fingerprint density at radius 3 is 2.88 bits per heavy atom. The Morgan fingerprint density at radius 2 is 2.12 bits per heavy atom. The van der Waals surface area contributed by atoms with E-state index in [4.69, 9.17) is 0 Å². The van der Waals surface area contributed by atoms with E-state index in [0.717, 1.165) is 31.4 Å². The Hall–Kier alpha value is -0.860. The van der Waals surface area contributed by atoms with E-state index in [9.17, 15) is 5.11 Å². The molecule has 2 N–H and O–H groups in total. The van der Waals surface area contributed by atoms with Gasteiger partial charge in [-0.3, -0.25) is 0 Å². The second-order valence-corrected chi connectivity index (χ2v) is 5.60. The van der Waals surface area contributed by atoms with Gasteiger partial charge in [0.2, 0.25) is 0 Å². The first-order valence-corrected chi connectivity index (χ1v) is 6.77. The summed E-state index contributed by atoms with van der Waals surface area (Å²) in [5, 5.41) is 14.6. The lowest BCUT2D eigenvalue weighted by Gasteiger charge is -2.41. The van der Waals surface area contributed by atoms with Gasteiger partial charge in [-0.25, -0.2) is 0 Å². The summed E-state index contributed by atoms with van der Waals surface area (Å²) in [4.78, 5) is 0. The molecule has 1 aromatic carbocycles. The highest BCUT2D eigenvalue weighted by atomic mass is 16.3. The largest absolute Gasteiger partial charge is 0.384 e. The van der Waals surface area contributed by atoms with Crippen LogP contribution in [0.5, 0.6) is 0 Å². The van der Waals surface area contributed by atoms with Crippen molar-refractivity contribution in [3.8, 4) is 0 Å². The molecule has 92 valence electrons. The molecule has 2 heteroatoms. The van der Waals surface area contributed by atoms with Gasteiger partial charge in [0.15, 0.2) is 0 Å². The van der Waals surface area contributed by atoms with E-state index in [0.29, 0.717) is 5.92 Å². The van der Waals surface area contributed by atoms with Crippen molar-refractivity contribution in [2.24, 2.45) is 0 Å². The van der Waals surface area contributed by atoms with Gasteiger partial charge in [-0.1, -0.05) is 31.2 Å². The molecule has 0 radical (unpaired) electrons. The number of benzene rings is 1. The summed E-state index contributed by atoms with van der Waals surface area (Å²) in [5.74, 6) is 0.577. The lowest BCUT2D eigenvalue weighted by Crippen LogP contribution is -2.47. The van der Waals surface area contributed by atoms with E-state index < -0.39 is 5.60 Å². The molecule has 0 aromatic heterocycles. The monoisotopic (exact) mass is 231 g/mol. The van der Waals surface area contributed by atoms with Gasteiger partial charge in [0, 0.05) is 6.04 Å². The molecule has 0 bridgehead atoms. The van der Waals surface area contributed by atoms with Gasteiger partial charge in [-0.2, -0.15) is 0 Å². The Kier molecular flexibility index (Phi) is 2.72. The second-order valence-electron chi connectivity index (χ2n) is 5.60. The Morgan fingerprint density at radius 1 is 1.29 bits per heavy atom. The van der Waals surface area contributed by atoms with Gasteiger partial charge < -0.3 is 10.4 Å². The van der Waals surface area contributed by atoms with Crippen molar-refractivity contribution in [3.05, 3.63) is 35.4 Å². The number of rotatable bonds is 1. The van der Waals surface area contributed by atoms with E-state index >= 15 is 0 Å². The average molecular weight is 231 g/mol. The highest BCUT2D eigenvalue weighted by Gasteiger charge is 2.43. The van der Waals surface area contributed by atoms with Gasteiger partial charge in [0.05, 0.1) is 0 Å². The van der Waals surface area contributed by atoms with E-state index in [-0.39, 0.29) is 6.04 Å². The third-order valence-electron chi connectivity index (χ3n) is 4.55. The Bertz CT molecular complexity index is 411. The van der Waals surface area contributed by atoms with E-state index in [1.165, 1.54) is 12.0 Å². The molecule has 0 spiro atoms. The molecule has 1 aromatic rings. The zero-order valence-electron chi connectivity index (χ0n) is 10.4. The summed E-state index contributed by atoms with van der Waals surface area (Å²) in [7, 11) is 0. The van der Waals surface area contributed by atoms with Crippen molar-refractivity contribution < 1.29 is 5.11 Å². The SMILES string of the molecule is CC1CCC(O)(C2CCCN2)c2ccccc21. The van der Waals surface area contributed by atoms with Crippen LogP contribution >= 0.6 is 0 Å². The lowest BCUT2D eigenvalue weighted by molar-refractivity contribution is -0.0160. The highest BCUT2D eigenvalue weighted by molar-refractivity contribution is 5.38. The van der Waals surface area contributed by atoms with Crippen LogP contribution in [0, 0.1) is 0 Å². The van der Waals surface area contributed by atoms with Gasteiger partial charge in [-0.15, -0.1) is 0 Å². The van der Waals surface area contributed by atoms with Crippen LogP contribution in [0.1, 0.15) is 49.7 Å². The van der Waals surface area contributed by atoms with Crippen molar-refractivity contribution in [1.82, 2.24) is 5.32 Å². The van der Waals surface area contributed by atoms with Gasteiger partial charge in [0.25, 0.3) is 0 Å². The van der Waals surface area contributed by atoms with Crippen molar-refractivity contribution in [3.63, 3.8) is 0 Å². The molecule has 0 saturated carbocycles. The fourth-order valence-corrected chi connectivity index (χ4v) is 3.50. The van der Waals surface area contributed by atoms with Gasteiger partial charge in [0.1, 0.15) is 5.60 Å². The van der Waals surface area contributed by atoms with Crippen LogP contribution in [-0.4, -0.2) is 17.7 Å². The number of nitrogens with one attached hydrogen (secondary N) is 1. The van der Waals surface area contributed by atoms with Crippen LogP contribution in [0.4, 0.5) is 0 Å². The number of hydrogen-bond donors (Lipinski definition) is 2. The van der Waals surface area contributed by atoms with Crippen LogP contribution in [0.15, 0.2) is 24.3 Å². The lowest BCUT2D eigenvalue weighted by atomic mass is 9.71. The van der Waals surface area contributed by atoms with Crippen LogP contribution in [0.3, 0.4) is 0 Å². The molecule has 3 unspecified atom stereocenters. The van der Waals surface area contributed by atoms with Crippen LogP contribution < -0.4 is 5.32 Å². The van der Waals surface area contributed by atoms with E-state index in [1.54, 1.807) is 0 Å². The summed E-state index contributed by atoms with van der Waals surface area (Å²) >= 11 is 0. The summed E-state index contributed by atoms with van der Waals surface area (Å²) in [6.45, 7) is 3.31. The zero-order valence-corrected chi connectivity index (χ0v) is 10.4. The molecule has 3 rings (SSSR count). The van der Waals surface area contributed by atoms with Gasteiger partial charge in [-0.05, 0) is 49.3 Å². The average Bonchev–Trinajstić information content (AvgIpc) is 2.89. The third kappa shape index (κ3) is 1.71. The van der Waals surface area contributed by atoms with Crippen molar-refractivity contribution >= 4 is 0 Å². The van der Waals surface area contributed by atoms with Crippen LogP contribution in [-0.2, 0) is 5.60 Å². The molecule has 1 fully saturated rings. The van der Waals surface area contributed by atoms with Gasteiger partial charge >= 0.3 is 0 Å². The second kappa shape index (κ2) is 4.11. The molecule has 17 heavy (non-hydrogen) atoms. The molecule has 1 heterocycles. The topological polar surface area (TPSA) is 32.3 Å². The van der Waals surface area contributed by atoms with Crippen LogP contribution in [0.25, 0.3) is 0 Å². The van der Waals surface area contributed by atoms with Crippen molar-refractivity contribution in [2.45, 2.75) is 50.2 Å². The molecule has 3 atom stereocenters. The number of aliphatic hydroxyl groups is 1. The minimum absolute atomic E-state index is 0.246. The molecular formula is C15H21NO. The number of fused-ring (bicyclic) bond motifs is 1. The normalized spacial score (nSPS) is 36.8. The molecule has 1 aliphatic heterocycles. The van der Waals surface area contributed by atoms with E-state index in [1.807, 2.05) is 0 Å². The minimum atomic E-state index is -0.639. The maximum Gasteiger partial charge on any atom is 0.105 e. The number of hydrogen-bond acceptors (Lipinski definition) is 2. The summed E-state index contributed by atoms with van der Waals surface area (Å²) < 4.78 is 0. The fourth-order valence-electron chi connectivity index (χ4n) is 3.50. The predicted molar refractivity (Wildman–Crippen MR) is 69.0 cm³/mol. The standard InChI is InChI=1S/C15H21NO/c1-11-8-9-15(17,14-7-4-10-16-14)13-6-3-2-5-12(11)13/h2-3,5-6,11,14,16-17H,4,7-10H2,1H3. The predicted octanol–water partition coefficient (Wildman–Crippen LogP) is 2.52. The smallest absolute Gasteiger partial charge is 0.105 e. The zero-order chi connectivity index (χ0) is 11.9. The third-order valence-corrected chi connectivity index (χ3v) is 4.55. The Balaban J connectivity index is 2.04.